The molecule has 0 aromatic heterocycles. The normalized spacial score (nSPS) is 32.7. The highest BCUT2D eigenvalue weighted by molar-refractivity contribution is 5.79. The molecule has 0 aromatic rings. The number of esters is 1. The standard InChI is InChI=1S/C13H24N2O9/c1-2-23-12(21)13(22)3-6(17)9(15-8(19)4-14)11(24-13)10(20)7(18)5-16/h6-7,9-11,16-18,20,22H,2-5,14H2,1H3,(H,15,19)/t6-,7+,9+,10+,11+,13?/m0/s1. The quantitative estimate of drug-likeness (QED) is 0.220. The lowest BCUT2D eigenvalue weighted by Crippen LogP contribution is -2.67. The summed E-state index contributed by atoms with van der Waals surface area (Å²) in [5.41, 5.74) is 5.17. The van der Waals surface area contributed by atoms with Crippen LogP contribution in [0.1, 0.15) is 13.3 Å². The molecule has 1 saturated heterocycles. The number of carbonyl (C=O) groups excluding carboxylic acids is 2. The molecule has 0 aromatic carbocycles. The van der Waals surface area contributed by atoms with Gasteiger partial charge in [-0.15, -0.1) is 0 Å². The molecule has 1 aliphatic rings. The van der Waals surface area contributed by atoms with E-state index in [-0.39, 0.29) is 6.61 Å². The molecule has 1 heterocycles. The predicted molar refractivity (Wildman–Crippen MR) is 77.2 cm³/mol. The molecule has 8 N–H and O–H groups in total. The van der Waals surface area contributed by atoms with Crippen LogP contribution in [0.5, 0.6) is 0 Å². The second-order valence-electron chi connectivity index (χ2n) is 5.40. The summed E-state index contributed by atoms with van der Waals surface area (Å²) in [6.45, 7) is 0.149. The summed E-state index contributed by atoms with van der Waals surface area (Å²) >= 11 is 0. The molecule has 6 atom stereocenters. The fraction of sp³-hybridized carbons (Fsp3) is 0.846. The summed E-state index contributed by atoms with van der Waals surface area (Å²) in [6.07, 6.45) is -7.30. The molecule has 0 saturated carbocycles. The van der Waals surface area contributed by atoms with Gasteiger partial charge in [-0.1, -0.05) is 0 Å². The maximum atomic E-state index is 11.8. The van der Waals surface area contributed by atoms with Crippen LogP contribution in [-0.2, 0) is 19.1 Å². The van der Waals surface area contributed by atoms with Gasteiger partial charge in [-0.25, -0.2) is 4.79 Å². The van der Waals surface area contributed by atoms with E-state index in [1.165, 1.54) is 6.92 Å². The Kier molecular flexibility index (Phi) is 7.48. The van der Waals surface area contributed by atoms with Gasteiger partial charge in [0.1, 0.15) is 18.3 Å². The number of hydrogen-bond donors (Lipinski definition) is 7. The predicted octanol–water partition coefficient (Wildman–Crippen LogP) is -4.45. The first-order valence-electron chi connectivity index (χ1n) is 7.42. The van der Waals surface area contributed by atoms with Gasteiger partial charge in [-0.05, 0) is 6.92 Å². The summed E-state index contributed by atoms with van der Waals surface area (Å²) in [5.74, 6) is -4.47. The van der Waals surface area contributed by atoms with Crippen molar-refractivity contribution < 1.29 is 44.6 Å². The highest BCUT2D eigenvalue weighted by atomic mass is 16.7. The number of hydrogen-bond acceptors (Lipinski definition) is 10. The minimum absolute atomic E-state index is 0.0690. The number of aliphatic hydroxyl groups is 5. The largest absolute Gasteiger partial charge is 0.462 e. The van der Waals surface area contributed by atoms with Crippen molar-refractivity contribution in [1.82, 2.24) is 5.32 Å². The Morgan fingerprint density at radius 2 is 2.08 bits per heavy atom. The summed E-state index contributed by atoms with van der Waals surface area (Å²) < 4.78 is 9.80. The molecule has 1 aliphatic heterocycles. The molecule has 24 heavy (non-hydrogen) atoms. The second kappa shape index (κ2) is 8.67. The number of carbonyl (C=O) groups is 2. The van der Waals surface area contributed by atoms with Crippen LogP contribution < -0.4 is 11.1 Å². The van der Waals surface area contributed by atoms with Crippen molar-refractivity contribution >= 4 is 11.9 Å². The van der Waals surface area contributed by atoms with Gasteiger partial charge in [0.05, 0.1) is 31.9 Å². The second-order valence-corrected chi connectivity index (χ2v) is 5.40. The number of amides is 1. The van der Waals surface area contributed by atoms with E-state index in [0.29, 0.717) is 0 Å². The Labute approximate surface area is 138 Å². The zero-order valence-electron chi connectivity index (χ0n) is 13.2. The minimum Gasteiger partial charge on any atom is -0.462 e. The van der Waals surface area contributed by atoms with Crippen molar-refractivity contribution in [3.05, 3.63) is 0 Å². The molecule has 140 valence electrons. The number of ether oxygens (including phenoxy) is 2. The summed E-state index contributed by atoms with van der Waals surface area (Å²) in [7, 11) is 0. The zero-order valence-corrected chi connectivity index (χ0v) is 13.2. The zero-order chi connectivity index (χ0) is 18.5. The third kappa shape index (κ3) is 4.60. The molecular weight excluding hydrogens is 328 g/mol. The summed E-state index contributed by atoms with van der Waals surface area (Å²) in [4.78, 5) is 23.3. The maximum absolute atomic E-state index is 11.8. The van der Waals surface area contributed by atoms with Crippen LogP contribution >= 0.6 is 0 Å². The van der Waals surface area contributed by atoms with Crippen molar-refractivity contribution in [2.75, 3.05) is 19.8 Å². The third-order valence-corrected chi connectivity index (χ3v) is 3.61. The number of aliphatic hydroxyl groups excluding tert-OH is 4. The molecular formula is C13H24N2O9. The Balaban J connectivity index is 3.09. The van der Waals surface area contributed by atoms with Gasteiger partial charge >= 0.3 is 5.97 Å². The molecule has 11 nitrogen and oxygen atoms in total. The highest BCUT2D eigenvalue weighted by Crippen LogP contribution is 2.31. The van der Waals surface area contributed by atoms with Crippen LogP contribution in [0.4, 0.5) is 0 Å². The molecule has 11 heteroatoms. The molecule has 1 rings (SSSR count). The lowest BCUT2D eigenvalue weighted by molar-refractivity contribution is -0.297. The monoisotopic (exact) mass is 352 g/mol. The van der Waals surface area contributed by atoms with Gasteiger partial charge in [-0.2, -0.15) is 0 Å². The van der Waals surface area contributed by atoms with E-state index in [1.54, 1.807) is 0 Å². The highest BCUT2D eigenvalue weighted by Gasteiger charge is 2.54. The van der Waals surface area contributed by atoms with Crippen LogP contribution in [0.3, 0.4) is 0 Å². The van der Waals surface area contributed by atoms with Crippen LogP contribution in [-0.4, -0.2) is 93.4 Å². The maximum Gasteiger partial charge on any atom is 0.366 e. The van der Waals surface area contributed by atoms with Crippen LogP contribution in [0.2, 0.25) is 0 Å². The Bertz CT molecular complexity index is 449. The summed E-state index contributed by atoms with van der Waals surface area (Å²) in [6, 6.07) is -1.29. The fourth-order valence-electron chi connectivity index (χ4n) is 2.38. The molecule has 1 unspecified atom stereocenters. The molecule has 0 bridgehead atoms. The first-order valence-corrected chi connectivity index (χ1v) is 7.42. The Morgan fingerprint density at radius 3 is 2.58 bits per heavy atom. The van der Waals surface area contributed by atoms with E-state index in [1.807, 2.05) is 0 Å². The van der Waals surface area contributed by atoms with Gasteiger partial charge in [-0.3, -0.25) is 4.79 Å². The average Bonchev–Trinajstić information content (AvgIpc) is 2.55. The van der Waals surface area contributed by atoms with E-state index in [9.17, 15) is 30.0 Å². The minimum atomic E-state index is -2.58. The lowest BCUT2D eigenvalue weighted by Gasteiger charge is -2.45. The van der Waals surface area contributed by atoms with E-state index in [2.05, 4.69) is 10.1 Å². The molecule has 0 spiro atoms. The van der Waals surface area contributed by atoms with Crippen molar-refractivity contribution in [1.29, 1.82) is 0 Å². The van der Waals surface area contributed by atoms with E-state index in [0.717, 1.165) is 0 Å². The molecule has 1 amide bonds. The smallest absolute Gasteiger partial charge is 0.366 e. The first-order chi connectivity index (χ1) is 11.2. The van der Waals surface area contributed by atoms with Gasteiger partial charge < -0.3 is 46.1 Å². The van der Waals surface area contributed by atoms with Crippen molar-refractivity contribution in [3.8, 4) is 0 Å². The van der Waals surface area contributed by atoms with E-state index >= 15 is 0 Å². The molecule has 0 radical (unpaired) electrons. The van der Waals surface area contributed by atoms with Gasteiger partial charge in [0.15, 0.2) is 0 Å². The number of nitrogens with two attached hydrogens (primary N) is 1. The first kappa shape index (κ1) is 20.7. The number of rotatable bonds is 7. The molecule has 1 fully saturated rings. The molecule has 0 aliphatic carbocycles. The van der Waals surface area contributed by atoms with Gasteiger partial charge in [0.25, 0.3) is 5.79 Å². The number of nitrogens with one attached hydrogen (secondary N) is 1. The summed E-state index contributed by atoms with van der Waals surface area (Å²) in [5, 5.41) is 51.3. The van der Waals surface area contributed by atoms with Crippen molar-refractivity contribution in [3.63, 3.8) is 0 Å². The average molecular weight is 352 g/mol. The third-order valence-electron chi connectivity index (χ3n) is 3.61. The Morgan fingerprint density at radius 1 is 1.46 bits per heavy atom. The van der Waals surface area contributed by atoms with E-state index < -0.39 is 67.7 Å². The van der Waals surface area contributed by atoms with Crippen molar-refractivity contribution in [2.24, 2.45) is 5.73 Å². The van der Waals surface area contributed by atoms with Crippen LogP contribution in [0.25, 0.3) is 0 Å². The SMILES string of the molecule is CCOC(=O)C1(O)C[C@H](O)[C@@H](NC(=O)CN)[C@H]([C@H](O)[C@H](O)CO)O1. The van der Waals surface area contributed by atoms with E-state index in [4.69, 9.17) is 15.6 Å². The van der Waals surface area contributed by atoms with Gasteiger partial charge in [0.2, 0.25) is 5.91 Å². The van der Waals surface area contributed by atoms with Gasteiger partial charge in [0, 0.05) is 6.42 Å². The Hall–Kier alpha value is -1.34. The van der Waals surface area contributed by atoms with Crippen LogP contribution in [0.15, 0.2) is 0 Å². The fourth-order valence-corrected chi connectivity index (χ4v) is 2.38. The topological polar surface area (TPSA) is 192 Å². The van der Waals surface area contributed by atoms with Crippen LogP contribution in [0, 0.1) is 0 Å². The van der Waals surface area contributed by atoms with Crippen molar-refractivity contribution in [2.45, 2.75) is 49.6 Å². The lowest BCUT2D eigenvalue weighted by atomic mass is 9.88.